The van der Waals surface area contributed by atoms with Crippen molar-refractivity contribution in [1.29, 1.82) is 0 Å². The summed E-state index contributed by atoms with van der Waals surface area (Å²) in [6.45, 7) is 14.7. The van der Waals surface area contributed by atoms with Gasteiger partial charge in [0.1, 0.15) is 0 Å². The van der Waals surface area contributed by atoms with Crippen LogP contribution in [0.4, 0.5) is 0 Å². The van der Waals surface area contributed by atoms with E-state index in [9.17, 15) is 0 Å². The average Bonchev–Trinajstić information content (AvgIpc) is 2.55. The second-order valence-corrected chi connectivity index (χ2v) is 13.5. The van der Waals surface area contributed by atoms with E-state index in [0.717, 1.165) is 0 Å². The van der Waals surface area contributed by atoms with Crippen molar-refractivity contribution in [3.05, 3.63) is 22.8 Å². The van der Waals surface area contributed by atoms with Crippen LogP contribution in [-0.4, -0.2) is 8.07 Å². The van der Waals surface area contributed by atoms with Crippen LogP contribution in [0.1, 0.15) is 53.4 Å². The first-order valence-electron chi connectivity index (χ1n) is 7.55. The van der Waals surface area contributed by atoms with Gasteiger partial charge in [0.2, 0.25) is 0 Å². The van der Waals surface area contributed by atoms with Crippen LogP contribution in [0.3, 0.4) is 0 Å². The van der Waals surface area contributed by atoms with Crippen LogP contribution in [-0.2, 0) is 0 Å². The minimum Gasteiger partial charge on any atom is -0.0689 e. The first-order chi connectivity index (χ1) is 8.22. The molecule has 1 heteroatoms. The van der Waals surface area contributed by atoms with Crippen molar-refractivity contribution in [3.8, 4) is 0 Å². The molecular weight excluding hydrogens is 232 g/mol. The van der Waals surface area contributed by atoms with Gasteiger partial charge < -0.3 is 0 Å². The molecule has 0 aromatic heterocycles. The van der Waals surface area contributed by atoms with E-state index in [1.54, 1.807) is 11.1 Å². The lowest BCUT2D eigenvalue weighted by Gasteiger charge is -2.39. The van der Waals surface area contributed by atoms with Crippen LogP contribution >= 0.6 is 0 Å². The molecule has 0 bridgehead atoms. The summed E-state index contributed by atoms with van der Waals surface area (Å²) in [5.74, 6) is 0.668. The Morgan fingerprint density at radius 3 is 2.39 bits per heavy atom. The lowest BCUT2D eigenvalue weighted by Crippen LogP contribution is -2.38. The summed E-state index contributed by atoms with van der Waals surface area (Å²) in [6, 6.07) is 1.40. The zero-order chi connectivity index (χ0) is 13.6. The molecule has 0 aromatic carbocycles. The van der Waals surface area contributed by atoms with Gasteiger partial charge in [0.15, 0.2) is 0 Å². The smallest absolute Gasteiger partial charge is 0.0536 e. The fourth-order valence-corrected chi connectivity index (χ4v) is 5.15. The Bertz CT molecular complexity index is 390. The minimum atomic E-state index is -1.19. The van der Waals surface area contributed by atoms with Gasteiger partial charge >= 0.3 is 0 Å². The second-order valence-electron chi connectivity index (χ2n) is 7.87. The van der Waals surface area contributed by atoms with Crippen molar-refractivity contribution in [1.82, 2.24) is 0 Å². The molecule has 0 spiro atoms. The molecule has 0 N–H and O–H groups in total. The molecule has 101 valence electrons. The van der Waals surface area contributed by atoms with Crippen LogP contribution in [0.15, 0.2) is 16.7 Å². The van der Waals surface area contributed by atoms with E-state index in [4.69, 9.17) is 0 Å². The molecule has 0 nitrogen and oxygen atoms in total. The van der Waals surface area contributed by atoms with Gasteiger partial charge in [0, 0.05) is 5.92 Å². The lowest BCUT2D eigenvalue weighted by molar-refractivity contribution is 0.626. The van der Waals surface area contributed by atoms with Gasteiger partial charge in [-0.3, -0.25) is 0 Å². The van der Waals surface area contributed by atoms with Crippen LogP contribution in [0, 0.1) is 12.0 Å². The van der Waals surface area contributed by atoms with Gasteiger partial charge in [-0.25, -0.2) is 0 Å². The second kappa shape index (κ2) is 4.66. The highest BCUT2D eigenvalue weighted by atomic mass is 28.3. The van der Waals surface area contributed by atoms with Gasteiger partial charge in [-0.05, 0) is 60.9 Å². The molecule has 0 fully saturated rings. The van der Waals surface area contributed by atoms with E-state index in [1.807, 2.05) is 0 Å². The molecule has 18 heavy (non-hydrogen) atoms. The number of allylic oxidation sites excluding steroid dienone is 4. The highest BCUT2D eigenvalue weighted by Gasteiger charge is 2.39. The fourth-order valence-electron chi connectivity index (χ4n) is 3.17. The van der Waals surface area contributed by atoms with Gasteiger partial charge in [-0.1, -0.05) is 39.4 Å². The summed E-state index contributed by atoms with van der Waals surface area (Å²) in [4.78, 5) is 0. The maximum absolute atomic E-state index is 3.80. The van der Waals surface area contributed by atoms with Gasteiger partial charge in [-0.15, -0.1) is 0 Å². The molecule has 1 atom stereocenters. The van der Waals surface area contributed by atoms with E-state index < -0.39 is 8.07 Å². The standard InChI is InChI=1S/C17H29Si/c1-13-11-14(12-18(5,6)17(2,3)4)16-10-8-7-9-15(13)16/h14H,7-10,12H2,1-6H3. The van der Waals surface area contributed by atoms with E-state index in [0.29, 0.717) is 11.0 Å². The van der Waals surface area contributed by atoms with Crippen LogP contribution in [0.5, 0.6) is 0 Å². The van der Waals surface area contributed by atoms with Crippen molar-refractivity contribution >= 4 is 8.07 Å². The van der Waals surface area contributed by atoms with E-state index in [-0.39, 0.29) is 0 Å². The molecule has 0 saturated carbocycles. The first-order valence-corrected chi connectivity index (χ1v) is 10.8. The third-order valence-electron chi connectivity index (χ3n) is 5.52. The van der Waals surface area contributed by atoms with E-state index in [1.165, 1.54) is 37.3 Å². The highest BCUT2D eigenvalue weighted by Crippen LogP contribution is 2.47. The molecule has 0 amide bonds. The van der Waals surface area contributed by atoms with Crippen molar-refractivity contribution in [2.75, 3.05) is 0 Å². The third kappa shape index (κ3) is 2.52. The lowest BCUT2D eigenvalue weighted by atomic mass is 9.88. The topological polar surface area (TPSA) is 0 Å². The van der Waals surface area contributed by atoms with Crippen molar-refractivity contribution in [3.63, 3.8) is 0 Å². The minimum absolute atomic E-state index is 0.501. The van der Waals surface area contributed by atoms with Gasteiger partial charge in [0.25, 0.3) is 0 Å². The molecule has 2 aliphatic carbocycles. The Morgan fingerprint density at radius 2 is 1.78 bits per heavy atom. The van der Waals surface area contributed by atoms with Crippen LogP contribution in [0.25, 0.3) is 0 Å². The number of hydrogen-bond acceptors (Lipinski definition) is 0. The van der Waals surface area contributed by atoms with Gasteiger partial charge in [0.05, 0.1) is 8.07 Å². The SMILES string of the molecule is CC1=[C]C(C[Si](C)(C)C(C)(C)C)C2=C1CCCC2. The van der Waals surface area contributed by atoms with E-state index >= 15 is 0 Å². The summed E-state index contributed by atoms with van der Waals surface area (Å²) in [5, 5.41) is 0.501. The summed E-state index contributed by atoms with van der Waals surface area (Å²) >= 11 is 0. The molecule has 1 unspecified atom stereocenters. The number of hydrogen-bond donors (Lipinski definition) is 0. The summed E-state index contributed by atoms with van der Waals surface area (Å²) in [5.41, 5.74) is 4.93. The van der Waals surface area contributed by atoms with Crippen LogP contribution < -0.4 is 0 Å². The molecule has 2 rings (SSSR count). The zero-order valence-electron chi connectivity index (χ0n) is 13.1. The quantitative estimate of drug-likeness (QED) is 0.556. The average molecular weight is 262 g/mol. The molecule has 2 aliphatic rings. The number of rotatable bonds is 2. The van der Waals surface area contributed by atoms with Gasteiger partial charge in [-0.2, -0.15) is 0 Å². The highest BCUT2D eigenvalue weighted by molar-refractivity contribution is 6.80. The normalized spacial score (nSPS) is 25.2. The van der Waals surface area contributed by atoms with Crippen molar-refractivity contribution < 1.29 is 0 Å². The summed E-state index contributed by atoms with van der Waals surface area (Å²) in [6.07, 6.45) is 9.27. The van der Waals surface area contributed by atoms with Crippen LogP contribution in [0.2, 0.25) is 24.2 Å². The Labute approximate surface area is 115 Å². The van der Waals surface area contributed by atoms with E-state index in [2.05, 4.69) is 46.9 Å². The molecule has 0 heterocycles. The third-order valence-corrected chi connectivity index (χ3v) is 11.0. The Kier molecular flexibility index (Phi) is 3.66. The Hall–Kier alpha value is -0.303. The zero-order valence-corrected chi connectivity index (χ0v) is 14.1. The molecule has 0 aliphatic heterocycles. The monoisotopic (exact) mass is 261 g/mol. The largest absolute Gasteiger partial charge is 0.0689 e. The summed E-state index contributed by atoms with van der Waals surface area (Å²) in [7, 11) is -1.19. The first kappa shape index (κ1) is 14.1. The van der Waals surface area contributed by atoms with Crippen molar-refractivity contribution in [2.45, 2.75) is 77.6 Å². The Balaban J connectivity index is 2.19. The maximum atomic E-state index is 3.80. The predicted octanol–water partition coefficient (Wildman–Crippen LogP) is 5.74. The molecular formula is C17H29Si. The fraction of sp³-hybridized carbons (Fsp3) is 0.765. The predicted molar refractivity (Wildman–Crippen MR) is 83.4 cm³/mol. The Morgan fingerprint density at radius 1 is 1.17 bits per heavy atom. The summed E-state index contributed by atoms with van der Waals surface area (Å²) < 4.78 is 0. The molecule has 0 saturated heterocycles. The molecule has 0 aromatic rings. The van der Waals surface area contributed by atoms with Crippen molar-refractivity contribution in [2.24, 2.45) is 5.92 Å². The molecule has 1 radical (unpaired) electrons. The maximum Gasteiger partial charge on any atom is 0.0536 e.